The Morgan fingerprint density at radius 1 is 0.323 bits per heavy atom. The Morgan fingerprint density at radius 2 is 0.823 bits per heavy atom. The van der Waals surface area contributed by atoms with Crippen molar-refractivity contribution in [3.05, 3.63) is 190 Å². The van der Waals surface area contributed by atoms with Crippen LogP contribution in [0, 0.1) is 11.8 Å². The third-order valence-electron chi connectivity index (χ3n) is 14.2. The summed E-state index contributed by atoms with van der Waals surface area (Å²) in [5.74, 6) is 0.458. The lowest BCUT2D eigenvalue weighted by Crippen LogP contribution is -2.19. The molecule has 62 heavy (non-hydrogen) atoms. The van der Waals surface area contributed by atoms with Crippen molar-refractivity contribution in [3.8, 4) is 22.3 Å². The molecule has 0 fully saturated rings. The van der Waals surface area contributed by atoms with Gasteiger partial charge in [-0.1, -0.05) is 223 Å². The number of fused-ring (bicyclic) bond motifs is 8. The molecule has 2 unspecified atom stereocenters. The first-order valence-corrected chi connectivity index (χ1v) is 22.9. The van der Waals surface area contributed by atoms with Crippen LogP contribution in [0.3, 0.4) is 0 Å². The monoisotopic (exact) mass is 806 g/mol. The van der Waals surface area contributed by atoms with Gasteiger partial charge in [-0.15, -0.1) is 0 Å². The minimum atomic E-state index is -0.125. The van der Waals surface area contributed by atoms with Crippen LogP contribution in [0.5, 0.6) is 0 Å². The SMILES string of the molecule is CC(C)(C)c1ccccc2c(-c3ccccc3)c3c(c(C(C)(C)C)c2ccc1)C1=CC=C2c4c(cc5cc(C(C)(C)C)ccc5c4-c4cccc(C(C)(C)C)c4)C4=CC=C3C1C42. The lowest BCUT2D eigenvalue weighted by atomic mass is 9.71. The molecule has 6 aromatic rings. The van der Waals surface area contributed by atoms with E-state index in [1.807, 2.05) is 0 Å². The van der Waals surface area contributed by atoms with Crippen molar-refractivity contribution < 1.29 is 0 Å². The molecule has 0 heterocycles. The molecule has 0 nitrogen and oxygen atoms in total. The molecule has 310 valence electrons. The Balaban J connectivity index is 1.31. The summed E-state index contributed by atoms with van der Waals surface area (Å²) >= 11 is 0. The van der Waals surface area contributed by atoms with Gasteiger partial charge >= 0.3 is 0 Å². The van der Waals surface area contributed by atoms with Gasteiger partial charge in [-0.2, -0.15) is 0 Å². The fourth-order valence-electron chi connectivity index (χ4n) is 11.2. The molecule has 6 aromatic carbocycles. The highest BCUT2D eigenvalue weighted by atomic mass is 14.5. The average molecular weight is 807 g/mol. The number of allylic oxidation sites excluding steroid dienone is 8. The molecule has 0 spiro atoms. The number of benzene rings is 5. The molecule has 0 heteroatoms. The molecular formula is C62H62. The predicted molar refractivity (Wildman–Crippen MR) is 270 cm³/mol. The van der Waals surface area contributed by atoms with Gasteiger partial charge in [0.25, 0.3) is 0 Å². The molecule has 0 aliphatic heterocycles. The van der Waals surface area contributed by atoms with Gasteiger partial charge in [0.15, 0.2) is 0 Å². The predicted octanol–water partition coefficient (Wildman–Crippen LogP) is 17.2. The quantitative estimate of drug-likeness (QED) is 0.163. The molecule has 0 saturated heterocycles. The fraction of sp³-hybridized carbons (Fsp3) is 0.290. The summed E-state index contributed by atoms with van der Waals surface area (Å²) < 4.78 is 0. The van der Waals surface area contributed by atoms with Crippen molar-refractivity contribution in [2.45, 2.75) is 105 Å². The van der Waals surface area contributed by atoms with Crippen molar-refractivity contribution in [1.82, 2.24) is 0 Å². The van der Waals surface area contributed by atoms with Gasteiger partial charge in [-0.3, -0.25) is 0 Å². The first-order chi connectivity index (χ1) is 29.3. The molecule has 2 atom stereocenters. The fourth-order valence-corrected chi connectivity index (χ4v) is 11.2. The Morgan fingerprint density at radius 3 is 1.50 bits per heavy atom. The first kappa shape index (κ1) is 40.4. The molecule has 4 aliphatic rings. The minimum Gasteiger partial charge on any atom is -0.0622 e. The summed E-state index contributed by atoms with van der Waals surface area (Å²) in [7, 11) is 0. The van der Waals surface area contributed by atoms with Crippen LogP contribution in [0.2, 0.25) is 0 Å². The Labute approximate surface area is 371 Å². The van der Waals surface area contributed by atoms with Gasteiger partial charge < -0.3 is 0 Å². The normalized spacial score (nSPS) is 17.7. The summed E-state index contributed by atoms with van der Waals surface area (Å²) in [6, 6.07) is 46.7. The van der Waals surface area contributed by atoms with E-state index in [0.29, 0.717) is 0 Å². The van der Waals surface area contributed by atoms with Gasteiger partial charge in [0, 0.05) is 11.8 Å². The van der Waals surface area contributed by atoms with Crippen molar-refractivity contribution in [2.75, 3.05) is 0 Å². The van der Waals surface area contributed by atoms with Crippen LogP contribution < -0.4 is 0 Å². The highest BCUT2D eigenvalue weighted by Gasteiger charge is 2.50. The Kier molecular flexibility index (Phi) is 9.04. The van der Waals surface area contributed by atoms with E-state index in [-0.39, 0.29) is 33.5 Å². The van der Waals surface area contributed by atoms with Gasteiger partial charge in [0.05, 0.1) is 0 Å². The molecule has 0 radical (unpaired) electrons. The molecule has 4 aliphatic carbocycles. The highest BCUT2D eigenvalue weighted by Crippen LogP contribution is 2.67. The largest absolute Gasteiger partial charge is 0.0622 e. The second kappa shape index (κ2) is 13.9. The third kappa shape index (κ3) is 6.31. The van der Waals surface area contributed by atoms with Crippen molar-refractivity contribution in [3.63, 3.8) is 0 Å². The third-order valence-corrected chi connectivity index (χ3v) is 14.2. The molecule has 0 amide bonds. The van der Waals surface area contributed by atoms with E-state index >= 15 is 0 Å². The van der Waals surface area contributed by atoms with E-state index < -0.39 is 0 Å². The van der Waals surface area contributed by atoms with Crippen LogP contribution in [-0.2, 0) is 21.7 Å². The molecule has 10 rings (SSSR count). The van der Waals surface area contributed by atoms with Crippen LogP contribution >= 0.6 is 0 Å². The van der Waals surface area contributed by atoms with Crippen molar-refractivity contribution in [1.29, 1.82) is 0 Å². The number of rotatable bonds is 2. The summed E-state index contributed by atoms with van der Waals surface area (Å²) in [6.07, 6.45) is 10.1. The molecule has 0 aromatic heterocycles. The first-order valence-electron chi connectivity index (χ1n) is 22.9. The minimum absolute atomic E-state index is 0.0371. The van der Waals surface area contributed by atoms with Gasteiger partial charge in [0.1, 0.15) is 0 Å². The van der Waals surface area contributed by atoms with E-state index in [2.05, 4.69) is 229 Å². The van der Waals surface area contributed by atoms with E-state index in [1.165, 1.54) is 111 Å². The summed E-state index contributed by atoms with van der Waals surface area (Å²) in [5.41, 5.74) is 22.3. The van der Waals surface area contributed by atoms with Gasteiger partial charge in [0.2, 0.25) is 0 Å². The van der Waals surface area contributed by atoms with Crippen molar-refractivity contribution >= 4 is 43.8 Å². The van der Waals surface area contributed by atoms with Crippen molar-refractivity contribution in [2.24, 2.45) is 11.8 Å². The van der Waals surface area contributed by atoms with Crippen LogP contribution in [0.15, 0.2) is 146 Å². The highest BCUT2D eigenvalue weighted by molar-refractivity contribution is 6.19. The average Bonchev–Trinajstić information content (AvgIpc) is 3.71. The Bertz CT molecular complexity index is 3070. The molecule has 0 N–H and O–H groups in total. The zero-order valence-electron chi connectivity index (χ0n) is 39.0. The Hall–Kier alpha value is -5.72. The van der Waals surface area contributed by atoms with Crippen LogP contribution in [0.25, 0.3) is 66.1 Å². The zero-order chi connectivity index (χ0) is 43.7. The zero-order valence-corrected chi connectivity index (χ0v) is 39.0. The maximum Gasteiger partial charge on any atom is 0.0212 e. The number of hydrogen-bond donors (Lipinski definition) is 0. The summed E-state index contributed by atoms with van der Waals surface area (Å²) in [4.78, 5) is 0. The van der Waals surface area contributed by atoms with Gasteiger partial charge in [-0.25, -0.2) is 0 Å². The second-order valence-corrected chi connectivity index (χ2v) is 22.5. The topological polar surface area (TPSA) is 0 Å². The van der Waals surface area contributed by atoms with E-state index in [4.69, 9.17) is 0 Å². The van der Waals surface area contributed by atoms with Crippen LogP contribution in [0.4, 0.5) is 0 Å². The lowest BCUT2D eigenvalue weighted by molar-refractivity contribution is 0.590. The number of hydrogen-bond acceptors (Lipinski definition) is 0. The smallest absolute Gasteiger partial charge is 0.0212 e. The van der Waals surface area contributed by atoms with E-state index in [9.17, 15) is 0 Å². The molecule has 0 bridgehead atoms. The summed E-state index contributed by atoms with van der Waals surface area (Å²) in [6.45, 7) is 28.1. The van der Waals surface area contributed by atoms with E-state index in [0.717, 1.165) is 0 Å². The maximum absolute atomic E-state index is 2.54. The molecule has 0 saturated carbocycles. The van der Waals surface area contributed by atoms with Crippen LogP contribution in [0.1, 0.15) is 128 Å². The maximum atomic E-state index is 2.54. The molecular weight excluding hydrogens is 745 g/mol. The standard InChI is InChI=1S/C62H62/c1-59(2,3)40-23-16-17-26-44-46(27-19-24-40)58(62(10,11)12)57-49-33-32-47-53-45(30-31-48(54(49)53)56(57)51(44)37-20-14-13-15-21-37)50-36-39-35-42(61(7,8)9)28-29-43(39)52(55(47)50)38-22-18-25-41(34-38)60(4,5)6/h13-36,53-54H,1-12H3. The van der Waals surface area contributed by atoms with E-state index in [1.54, 1.807) is 0 Å². The van der Waals surface area contributed by atoms with Gasteiger partial charge in [-0.05, 0) is 138 Å². The summed E-state index contributed by atoms with van der Waals surface area (Å²) in [5, 5.41) is 5.29. The van der Waals surface area contributed by atoms with Crippen LogP contribution in [-0.4, -0.2) is 0 Å². The second-order valence-electron chi connectivity index (χ2n) is 22.5. The lowest BCUT2D eigenvalue weighted by Gasteiger charge is -2.31.